The Hall–Kier alpha value is -0.170. The average Bonchev–Trinajstić information content (AvgIpc) is 2.52. The normalized spacial score (nSPS) is 13.8. The molecule has 0 fully saturated rings. The van der Waals surface area contributed by atoms with Gasteiger partial charge in [-0.15, -0.1) is 0 Å². The Morgan fingerprint density at radius 1 is 0.815 bits per heavy atom. The van der Waals surface area contributed by atoms with Crippen LogP contribution in [0.1, 0.15) is 124 Å². The lowest BCUT2D eigenvalue weighted by Crippen LogP contribution is -2.37. The van der Waals surface area contributed by atoms with Crippen LogP contribution < -0.4 is 5.73 Å². The lowest BCUT2D eigenvalue weighted by atomic mass is 9.95. The molecule has 0 aromatic heterocycles. The summed E-state index contributed by atoms with van der Waals surface area (Å²) in [5.74, 6) is 0. The van der Waals surface area contributed by atoms with E-state index in [1.165, 1.54) is 77.0 Å². The summed E-state index contributed by atoms with van der Waals surface area (Å²) >= 11 is 0. The van der Waals surface area contributed by atoms with E-state index in [2.05, 4.69) is 6.92 Å². The second-order valence-corrected chi connectivity index (χ2v) is 9.77. The van der Waals surface area contributed by atoms with E-state index in [-0.39, 0.29) is 0 Å². The fourth-order valence-electron chi connectivity index (χ4n) is 3.51. The van der Waals surface area contributed by atoms with Crippen LogP contribution in [0, 0.1) is 0 Å². The molecule has 1 atom stereocenters. The molecule has 0 aliphatic carbocycles. The van der Waals surface area contributed by atoms with Crippen molar-refractivity contribution in [3.63, 3.8) is 0 Å². The van der Waals surface area contributed by atoms with Crippen molar-refractivity contribution in [3.05, 3.63) is 0 Å². The third-order valence-electron chi connectivity index (χ3n) is 4.89. The van der Waals surface area contributed by atoms with Gasteiger partial charge in [0.15, 0.2) is 0 Å². The van der Waals surface area contributed by atoms with Crippen LogP contribution in [0.2, 0.25) is 0 Å². The first-order valence-electron chi connectivity index (χ1n) is 11.1. The lowest BCUT2D eigenvalue weighted by Gasteiger charge is -2.24. The zero-order valence-electron chi connectivity index (χ0n) is 18.0. The minimum absolute atomic E-state index is 0.408. The molecule has 0 saturated heterocycles. The highest BCUT2D eigenvalue weighted by atomic mass is 32.3. The fourth-order valence-corrected chi connectivity index (χ4v) is 4.02. The van der Waals surface area contributed by atoms with Gasteiger partial charge in [0.2, 0.25) is 0 Å². The van der Waals surface area contributed by atoms with Crippen LogP contribution in [0.5, 0.6) is 0 Å². The van der Waals surface area contributed by atoms with Gasteiger partial charge in [-0.3, -0.25) is 4.55 Å². The zero-order chi connectivity index (χ0) is 20.6. The van der Waals surface area contributed by atoms with Gasteiger partial charge in [-0.1, -0.05) is 96.8 Å². The van der Waals surface area contributed by atoms with Gasteiger partial charge in [-0.2, -0.15) is 8.42 Å². The van der Waals surface area contributed by atoms with Crippen molar-refractivity contribution in [2.45, 2.75) is 135 Å². The second-order valence-electron chi connectivity index (χ2n) is 8.72. The van der Waals surface area contributed by atoms with E-state index < -0.39 is 22.0 Å². The molecule has 0 spiro atoms. The number of nitrogens with two attached hydrogens (primary N) is 1. The van der Waals surface area contributed by atoms with Crippen LogP contribution in [0.25, 0.3) is 0 Å². The maximum absolute atomic E-state index is 11.0. The molecule has 3 N–H and O–H groups in total. The third-order valence-corrected chi connectivity index (χ3v) is 5.41. The molecular weight excluding hydrogens is 362 g/mol. The lowest BCUT2D eigenvalue weighted by molar-refractivity contribution is 0.140. The second kappa shape index (κ2) is 15.7. The smallest absolute Gasteiger partial charge is 0.325 e. The molecule has 0 bridgehead atoms. The van der Waals surface area contributed by atoms with Crippen molar-refractivity contribution >= 4 is 10.4 Å². The van der Waals surface area contributed by atoms with Gasteiger partial charge in [-0.05, 0) is 26.7 Å². The number of hydrogen-bond donors (Lipinski definition) is 2. The summed E-state index contributed by atoms with van der Waals surface area (Å²) in [6, 6.07) is 0. The van der Waals surface area contributed by atoms with Crippen molar-refractivity contribution in [2.24, 2.45) is 5.73 Å². The molecule has 5 nitrogen and oxygen atoms in total. The summed E-state index contributed by atoms with van der Waals surface area (Å²) in [5.41, 5.74) is 5.43. The number of unbranched alkanes of at least 4 members (excludes halogenated alkanes) is 13. The molecule has 0 aliphatic rings. The fraction of sp³-hybridized carbons (Fsp3) is 1.00. The maximum atomic E-state index is 11.0. The van der Waals surface area contributed by atoms with E-state index in [1.54, 1.807) is 0 Å². The molecule has 1 unspecified atom stereocenters. The summed E-state index contributed by atoms with van der Waals surface area (Å²) in [6.07, 6.45) is 18.5. The van der Waals surface area contributed by atoms with Crippen LogP contribution in [-0.2, 0) is 14.6 Å². The van der Waals surface area contributed by atoms with Crippen molar-refractivity contribution < 1.29 is 17.2 Å². The predicted octanol–water partition coefficient (Wildman–Crippen LogP) is 6.17. The molecule has 0 radical (unpaired) electrons. The Bertz CT molecular complexity index is 432. The molecule has 0 heterocycles. The van der Waals surface area contributed by atoms with E-state index in [0.29, 0.717) is 12.8 Å². The molecule has 0 amide bonds. The van der Waals surface area contributed by atoms with E-state index >= 15 is 0 Å². The van der Waals surface area contributed by atoms with Crippen molar-refractivity contribution in [1.82, 2.24) is 0 Å². The average molecular weight is 408 g/mol. The number of rotatable bonds is 19. The van der Waals surface area contributed by atoms with E-state index in [9.17, 15) is 8.42 Å². The topological polar surface area (TPSA) is 89.6 Å². The summed E-state index contributed by atoms with van der Waals surface area (Å²) in [6.45, 7) is 5.92. The standard InChI is InChI=1S/C21H45NO4S/c1-4-5-6-7-8-9-10-11-12-13-14-15-16-17-18-20(19-21(2,3)22)26-27(23,24)25/h20H,4-19,22H2,1-3H3,(H,23,24,25). The van der Waals surface area contributed by atoms with E-state index in [1.807, 2.05) is 13.8 Å². The predicted molar refractivity (Wildman–Crippen MR) is 114 cm³/mol. The molecular formula is C21H45NO4S. The molecule has 0 aromatic rings. The van der Waals surface area contributed by atoms with Gasteiger partial charge in [-0.25, -0.2) is 4.18 Å². The first kappa shape index (κ1) is 26.8. The van der Waals surface area contributed by atoms with E-state index in [0.717, 1.165) is 12.8 Å². The summed E-state index contributed by atoms with van der Waals surface area (Å²) in [5, 5.41) is 0. The highest BCUT2D eigenvalue weighted by molar-refractivity contribution is 7.80. The van der Waals surface area contributed by atoms with Gasteiger partial charge < -0.3 is 5.73 Å². The van der Waals surface area contributed by atoms with Crippen molar-refractivity contribution in [3.8, 4) is 0 Å². The van der Waals surface area contributed by atoms with Crippen LogP contribution in [0.4, 0.5) is 0 Å². The Kier molecular flexibility index (Phi) is 15.6. The first-order valence-corrected chi connectivity index (χ1v) is 12.4. The van der Waals surface area contributed by atoms with Gasteiger partial charge in [0.1, 0.15) is 0 Å². The Morgan fingerprint density at radius 3 is 1.52 bits per heavy atom. The van der Waals surface area contributed by atoms with Gasteiger partial charge >= 0.3 is 10.4 Å². The van der Waals surface area contributed by atoms with Crippen molar-refractivity contribution in [2.75, 3.05) is 0 Å². The van der Waals surface area contributed by atoms with Crippen LogP contribution in [-0.4, -0.2) is 24.6 Å². The largest absolute Gasteiger partial charge is 0.397 e. The third kappa shape index (κ3) is 22.0. The van der Waals surface area contributed by atoms with Gasteiger partial charge in [0.05, 0.1) is 6.10 Å². The molecule has 6 heteroatoms. The van der Waals surface area contributed by atoms with Crippen LogP contribution in [0.15, 0.2) is 0 Å². The summed E-state index contributed by atoms with van der Waals surface area (Å²) in [7, 11) is -4.42. The quantitative estimate of drug-likeness (QED) is 0.197. The highest BCUT2D eigenvalue weighted by Crippen LogP contribution is 2.19. The Balaban J connectivity index is 3.59. The minimum Gasteiger partial charge on any atom is -0.325 e. The van der Waals surface area contributed by atoms with Crippen molar-refractivity contribution in [1.29, 1.82) is 0 Å². The molecule has 0 rings (SSSR count). The van der Waals surface area contributed by atoms with Crippen LogP contribution >= 0.6 is 0 Å². The first-order chi connectivity index (χ1) is 12.6. The maximum Gasteiger partial charge on any atom is 0.397 e. The Labute approximate surface area is 168 Å². The highest BCUT2D eigenvalue weighted by Gasteiger charge is 2.23. The van der Waals surface area contributed by atoms with Gasteiger partial charge in [0, 0.05) is 5.54 Å². The molecule has 27 heavy (non-hydrogen) atoms. The SMILES string of the molecule is CCCCCCCCCCCCCCCCC(CC(C)(C)N)OS(=O)(=O)O. The van der Waals surface area contributed by atoms with Crippen LogP contribution in [0.3, 0.4) is 0 Å². The number of hydrogen-bond acceptors (Lipinski definition) is 4. The monoisotopic (exact) mass is 407 g/mol. The molecule has 0 aromatic carbocycles. The summed E-state index contributed by atoms with van der Waals surface area (Å²) in [4.78, 5) is 0. The summed E-state index contributed by atoms with van der Waals surface area (Å²) < 4.78 is 35.6. The van der Waals surface area contributed by atoms with Gasteiger partial charge in [0.25, 0.3) is 0 Å². The zero-order valence-corrected chi connectivity index (χ0v) is 18.9. The Morgan fingerprint density at radius 2 is 1.19 bits per heavy atom. The molecule has 0 aliphatic heterocycles. The van der Waals surface area contributed by atoms with E-state index in [4.69, 9.17) is 14.5 Å². The molecule has 164 valence electrons. The molecule has 0 saturated carbocycles. The minimum atomic E-state index is -4.42.